The standard InChI is InChI=1S/C29H41N3O4S/c1-4-28-25-12-10-22(16-23(25)19-32(28)18-21-8-6-20(3)7-9-21)29(34)31-27(14-15-33)26-13-11-24(17-30-26)37(35,36)5-2/h10-13,16-17,20-21,27-28,33H,4-9,14-15,18-19H2,1-3H3,(H,31,34)/t20?,21?,27-,28+/m0/s1. The molecule has 1 aliphatic heterocycles. The number of carbonyl (C=O) groups excluding carboxylic acids is 1. The highest BCUT2D eigenvalue weighted by molar-refractivity contribution is 7.91. The number of nitrogens with zero attached hydrogens (tertiary/aromatic N) is 2. The van der Waals surface area contributed by atoms with E-state index in [0.29, 0.717) is 17.3 Å². The zero-order valence-electron chi connectivity index (χ0n) is 22.3. The zero-order valence-corrected chi connectivity index (χ0v) is 23.1. The SMILES string of the molecule is CC[C@@H]1c2ccc(C(=O)N[C@@H](CCO)c3ccc(S(=O)(=O)CC)cn3)cc2CN1CC1CCC(C)CC1. The Labute approximate surface area is 221 Å². The van der Waals surface area contributed by atoms with Crippen LogP contribution in [0.4, 0.5) is 0 Å². The van der Waals surface area contributed by atoms with Gasteiger partial charge in [-0.25, -0.2) is 8.42 Å². The van der Waals surface area contributed by atoms with Crippen LogP contribution in [0.25, 0.3) is 0 Å². The van der Waals surface area contributed by atoms with Crippen molar-refractivity contribution in [1.29, 1.82) is 0 Å². The van der Waals surface area contributed by atoms with Gasteiger partial charge in [0.05, 0.1) is 22.4 Å². The lowest BCUT2D eigenvalue weighted by Gasteiger charge is -2.32. The average molecular weight is 528 g/mol. The van der Waals surface area contributed by atoms with E-state index in [9.17, 15) is 18.3 Å². The first-order valence-corrected chi connectivity index (χ1v) is 15.4. The Morgan fingerprint density at radius 1 is 1.16 bits per heavy atom. The van der Waals surface area contributed by atoms with Crippen LogP contribution in [0, 0.1) is 11.8 Å². The second-order valence-electron chi connectivity index (χ2n) is 10.8. The van der Waals surface area contributed by atoms with Crippen molar-refractivity contribution in [1.82, 2.24) is 15.2 Å². The fourth-order valence-corrected chi connectivity index (χ4v) is 6.68. The fraction of sp³-hybridized carbons (Fsp3) is 0.586. The molecule has 2 aliphatic rings. The number of hydrogen-bond acceptors (Lipinski definition) is 6. The Bertz CT molecular complexity index is 1170. The summed E-state index contributed by atoms with van der Waals surface area (Å²) in [6.07, 6.45) is 7.94. The lowest BCUT2D eigenvalue weighted by molar-refractivity contribution is 0.0928. The molecule has 1 fully saturated rings. The Kier molecular flexibility index (Phi) is 9.03. The van der Waals surface area contributed by atoms with Crippen LogP contribution in [0.1, 0.15) is 98.6 Å². The minimum atomic E-state index is -3.35. The number of aliphatic hydroxyl groups excluding tert-OH is 1. The maximum Gasteiger partial charge on any atom is 0.251 e. The molecule has 8 heteroatoms. The topological polar surface area (TPSA) is 99.6 Å². The minimum absolute atomic E-state index is 0.000656. The van der Waals surface area contributed by atoms with Gasteiger partial charge in [0, 0.05) is 37.5 Å². The molecule has 0 spiro atoms. The molecule has 1 aromatic heterocycles. The van der Waals surface area contributed by atoms with E-state index in [-0.39, 0.29) is 29.6 Å². The monoisotopic (exact) mass is 527 g/mol. The van der Waals surface area contributed by atoms with Crippen molar-refractivity contribution in [2.45, 2.75) is 82.8 Å². The van der Waals surface area contributed by atoms with E-state index in [4.69, 9.17) is 0 Å². The van der Waals surface area contributed by atoms with Gasteiger partial charge < -0.3 is 10.4 Å². The highest BCUT2D eigenvalue weighted by Crippen LogP contribution is 2.39. The number of rotatable bonds is 10. The molecule has 1 aromatic carbocycles. The molecule has 1 saturated carbocycles. The third kappa shape index (κ3) is 6.41. The third-order valence-electron chi connectivity index (χ3n) is 8.17. The molecule has 4 rings (SSSR count). The van der Waals surface area contributed by atoms with Crippen molar-refractivity contribution in [2.75, 3.05) is 18.9 Å². The number of aliphatic hydroxyl groups is 1. The van der Waals surface area contributed by atoms with Crippen molar-refractivity contribution in [2.24, 2.45) is 11.8 Å². The van der Waals surface area contributed by atoms with Crippen molar-refractivity contribution in [3.8, 4) is 0 Å². The van der Waals surface area contributed by atoms with Crippen LogP contribution in [0.2, 0.25) is 0 Å². The van der Waals surface area contributed by atoms with E-state index in [1.807, 2.05) is 12.1 Å². The van der Waals surface area contributed by atoms with Gasteiger partial charge in [0.15, 0.2) is 9.84 Å². The summed E-state index contributed by atoms with van der Waals surface area (Å²) in [4.78, 5) is 20.3. The van der Waals surface area contributed by atoms with Crippen LogP contribution in [-0.2, 0) is 16.4 Å². The van der Waals surface area contributed by atoms with Gasteiger partial charge in [0.1, 0.15) is 0 Å². The third-order valence-corrected chi connectivity index (χ3v) is 9.89. The molecule has 0 saturated heterocycles. The second kappa shape index (κ2) is 12.0. The van der Waals surface area contributed by atoms with Gasteiger partial charge in [-0.1, -0.05) is 39.7 Å². The number of sulfone groups is 1. The number of benzene rings is 1. The molecule has 2 aromatic rings. The van der Waals surface area contributed by atoms with Gasteiger partial charge in [0.25, 0.3) is 5.91 Å². The summed E-state index contributed by atoms with van der Waals surface area (Å²) in [6.45, 7) is 8.05. The molecule has 7 nitrogen and oxygen atoms in total. The van der Waals surface area contributed by atoms with Crippen LogP contribution < -0.4 is 5.32 Å². The van der Waals surface area contributed by atoms with E-state index in [1.54, 1.807) is 13.0 Å². The number of fused-ring (bicyclic) bond motifs is 1. The largest absolute Gasteiger partial charge is 0.396 e. The first kappa shape index (κ1) is 27.7. The van der Waals surface area contributed by atoms with E-state index in [1.165, 1.54) is 49.1 Å². The summed E-state index contributed by atoms with van der Waals surface area (Å²) in [7, 11) is -3.35. The summed E-state index contributed by atoms with van der Waals surface area (Å²) >= 11 is 0. The summed E-state index contributed by atoms with van der Waals surface area (Å²) < 4.78 is 24.2. The summed E-state index contributed by atoms with van der Waals surface area (Å²) in [5.41, 5.74) is 3.66. The molecule has 202 valence electrons. The Morgan fingerprint density at radius 3 is 2.54 bits per heavy atom. The molecule has 1 aliphatic carbocycles. The van der Waals surface area contributed by atoms with Gasteiger partial charge in [-0.05, 0) is 72.9 Å². The van der Waals surface area contributed by atoms with Crippen LogP contribution >= 0.6 is 0 Å². The lowest BCUT2D eigenvalue weighted by atomic mass is 9.82. The molecule has 0 unspecified atom stereocenters. The predicted octanol–water partition coefficient (Wildman–Crippen LogP) is 4.82. The molecule has 2 heterocycles. The Hall–Kier alpha value is -2.29. The van der Waals surface area contributed by atoms with Crippen molar-refractivity contribution in [3.05, 3.63) is 58.9 Å². The van der Waals surface area contributed by atoms with Crippen LogP contribution in [0.5, 0.6) is 0 Å². The number of amides is 1. The van der Waals surface area contributed by atoms with Gasteiger partial charge in [0.2, 0.25) is 0 Å². The quantitative estimate of drug-likeness (QED) is 0.460. The minimum Gasteiger partial charge on any atom is -0.396 e. The molecule has 0 bridgehead atoms. The summed E-state index contributed by atoms with van der Waals surface area (Å²) in [6, 6.07) is 9.01. The first-order valence-electron chi connectivity index (χ1n) is 13.7. The first-order chi connectivity index (χ1) is 17.7. The molecule has 2 N–H and O–H groups in total. The fourth-order valence-electron chi connectivity index (χ4n) is 5.86. The van der Waals surface area contributed by atoms with Crippen LogP contribution in [0.3, 0.4) is 0 Å². The van der Waals surface area contributed by atoms with E-state index in [2.05, 4.69) is 35.1 Å². The van der Waals surface area contributed by atoms with Crippen molar-refractivity contribution >= 4 is 15.7 Å². The van der Waals surface area contributed by atoms with Crippen molar-refractivity contribution in [3.63, 3.8) is 0 Å². The molecule has 0 radical (unpaired) electrons. The van der Waals surface area contributed by atoms with Gasteiger partial charge in [-0.15, -0.1) is 0 Å². The molecular formula is C29H41N3O4S. The zero-order chi connectivity index (χ0) is 26.6. The summed E-state index contributed by atoms with van der Waals surface area (Å²) in [5, 5.41) is 12.6. The summed E-state index contributed by atoms with van der Waals surface area (Å²) in [5.74, 6) is 1.38. The lowest BCUT2D eigenvalue weighted by Crippen LogP contribution is -2.30. The average Bonchev–Trinajstić information content (AvgIpc) is 3.25. The van der Waals surface area contributed by atoms with E-state index >= 15 is 0 Å². The highest BCUT2D eigenvalue weighted by atomic mass is 32.2. The van der Waals surface area contributed by atoms with Crippen LogP contribution in [-0.4, -0.2) is 48.2 Å². The molecule has 37 heavy (non-hydrogen) atoms. The molecule has 1 amide bonds. The number of carbonyl (C=O) groups is 1. The normalized spacial score (nSPS) is 23.0. The Morgan fingerprint density at radius 2 is 1.92 bits per heavy atom. The maximum atomic E-state index is 13.2. The van der Waals surface area contributed by atoms with E-state index < -0.39 is 15.9 Å². The Balaban J connectivity index is 1.46. The molecule has 2 atom stereocenters. The number of pyridine rings is 1. The highest BCUT2D eigenvalue weighted by Gasteiger charge is 2.32. The predicted molar refractivity (Wildman–Crippen MR) is 145 cm³/mol. The smallest absolute Gasteiger partial charge is 0.251 e. The molecular weight excluding hydrogens is 486 g/mol. The second-order valence-corrected chi connectivity index (χ2v) is 13.0. The maximum absolute atomic E-state index is 13.2. The van der Waals surface area contributed by atoms with Crippen molar-refractivity contribution < 1.29 is 18.3 Å². The van der Waals surface area contributed by atoms with E-state index in [0.717, 1.165) is 31.3 Å². The van der Waals surface area contributed by atoms with Crippen LogP contribution in [0.15, 0.2) is 41.4 Å². The number of nitrogens with one attached hydrogen (secondary N) is 1. The van der Waals surface area contributed by atoms with Gasteiger partial charge in [-0.3, -0.25) is 14.7 Å². The van der Waals surface area contributed by atoms with Gasteiger partial charge >= 0.3 is 0 Å². The van der Waals surface area contributed by atoms with Gasteiger partial charge in [-0.2, -0.15) is 0 Å². The number of hydrogen-bond donors (Lipinski definition) is 2. The number of aromatic nitrogens is 1.